The highest BCUT2D eigenvalue weighted by Crippen LogP contribution is 2.52. The number of ether oxygens (including phenoxy) is 1. The van der Waals surface area contributed by atoms with Crippen LogP contribution in [0, 0.1) is 0 Å². The Morgan fingerprint density at radius 2 is 1.97 bits per heavy atom. The van der Waals surface area contributed by atoms with Crippen molar-refractivity contribution in [2.45, 2.75) is 44.4 Å². The van der Waals surface area contributed by atoms with Crippen LogP contribution in [0.3, 0.4) is 0 Å². The van der Waals surface area contributed by atoms with Gasteiger partial charge in [-0.2, -0.15) is 21.6 Å². The average Bonchev–Trinajstić information content (AvgIpc) is 2.73. The molecule has 0 saturated heterocycles. The third-order valence-electron chi connectivity index (χ3n) is 5.96. The number of hydrogen-bond donors (Lipinski definition) is 1. The number of rotatable bonds is 6. The van der Waals surface area contributed by atoms with Gasteiger partial charge in [0.2, 0.25) is 0 Å². The van der Waals surface area contributed by atoms with Gasteiger partial charge < -0.3 is 14.0 Å². The maximum Gasteiger partial charge on any atom is 0.534 e. The first-order valence-corrected chi connectivity index (χ1v) is 11.9. The van der Waals surface area contributed by atoms with Gasteiger partial charge in [-0.25, -0.2) is 4.39 Å². The van der Waals surface area contributed by atoms with Crippen LogP contribution >= 0.6 is 0 Å². The molecule has 1 unspecified atom stereocenters. The van der Waals surface area contributed by atoms with Gasteiger partial charge in [-0.15, -0.1) is 0 Å². The molecule has 1 heterocycles. The van der Waals surface area contributed by atoms with E-state index < -0.39 is 33.3 Å². The summed E-state index contributed by atoms with van der Waals surface area (Å²) in [5.41, 5.74) is -2.49. The first kappa shape index (κ1) is 23.6. The van der Waals surface area contributed by atoms with Gasteiger partial charge in [-0.05, 0) is 66.8 Å². The van der Waals surface area contributed by atoms with Gasteiger partial charge in [-0.3, -0.25) is 4.90 Å². The van der Waals surface area contributed by atoms with Crippen molar-refractivity contribution in [3.8, 4) is 28.4 Å². The first-order chi connectivity index (χ1) is 15.4. The molecule has 0 fully saturated rings. The van der Waals surface area contributed by atoms with Crippen LogP contribution in [0.1, 0.15) is 36.6 Å². The highest BCUT2D eigenvalue weighted by molar-refractivity contribution is 7.88. The number of likely N-dealkylation sites (N-methyl/N-ethyl adjacent to an activating group) is 1. The van der Waals surface area contributed by atoms with Gasteiger partial charge in [0.15, 0.2) is 11.5 Å². The molecule has 2 aliphatic rings. The van der Waals surface area contributed by atoms with Crippen molar-refractivity contribution in [3.63, 3.8) is 0 Å². The molecule has 180 valence electrons. The van der Waals surface area contributed by atoms with Crippen molar-refractivity contribution in [2.24, 2.45) is 0 Å². The van der Waals surface area contributed by atoms with Gasteiger partial charge in [0.25, 0.3) is 0 Å². The fourth-order valence-electron chi connectivity index (χ4n) is 4.52. The summed E-state index contributed by atoms with van der Waals surface area (Å²) in [7, 11) is -5.96. The Kier molecular flexibility index (Phi) is 5.98. The number of nitrogens with zero attached hydrogens (tertiary/aromatic N) is 1. The number of fused-ring (bicyclic) bond motifs is 2. The molecule has 2 aromatic carbocycles. The Bertz CT molecular complexity index is 1180. The molecule has 0 spiro atoms. The molecule has 0 saturated carbocycles. The highest BCUT2D eigenvalue weighted by atomic mass is 32.2. The Labute approximate surface area is 188 Å². The molecule has 6 nitrogen and oxygen atoms in total. The van der Waals surface area contributed by atoms with E-state index in [1.54, 1.807) is 6.07 Å². The van der Waals surface area contributed by atoms with Crippen molar-refractivity contribution < 1.29 is 40.0 Å². The number of hydrogen-bond acceptors (Lipinski definition) is 6. The number of phenolic OH excluding ortho intramolecular Hbond substituents is 1. The monoisotopic (exact) mass is 489 g/mol. The first-order valence-electron chi connectivity index (χ1n) is 10.5. The van der Waals surface area contributed by atoms with Crippen LogP contribution in [0.5, 0.6) is 17.2 Å². The highest BCUT2D eigenvalue weighted by Gasteiger charge is 2.49. The number of alkyl halides is 4. The second kappa shape index (κ2) is 8.35. The number of benzene rings is 2. The zero-order chi connectivity index (χ0) is 24.1. The van der Waals surface area contributed by atoms with E-state index in [9.17, 15) is 31.1 Å². The summed E-state index contributed by atoms with van der Waals surface area (Å²) in [4.78, 5) is 2.26. The summed E-state index contributed by atoms with van der Waals surface area (Å²) in [6.45, 7) is 4.74. The number of halogens is 4. The number of phenols is 1. The van der Waals surface area contributed by atoms with E-state index in [0.29, 0.717) is 29.7 Å². The minimum absolute atomic E-state index is 0.0273. The van der Waals surface area contributed by atoms with Gasteiger partial charge in [0.05, 0.1) is 0 Å². The maximum atomic E-state index is 13.4. The summed E-state index contributed by atoms with van der Waals surface area (Å²) in [6.07, 6.45) is -0.0665. The standard InChI is InChI=1S/C22H23F4NO5S/c1-3-27-7-6-14-8-15(31-11-12(2)23)10-16-19(14)17(27)9-13-4-5-18(21(28)20(13)16)32-33(29,30)22(24,25)26/h4-5,8,10,12,17,28H,3,6-7,9,11H2,1-2H3/t12-,17?/m1/s1. The molecule has 0 amide bonds. The van der Waals surface area contributed by atoms with Crippen molar-refractivity contribution in [1.82, 2.24) is 4.90 Å². The quantitative estimate of drug-likeness (QED) is 0.366. The molecule has 0 radical (unpaired) electrons. The minimum atomic E-state index is -5.96. The molecule has 2 aromatic rings. The van der Waals surface area contributed by atoms with E-state index in [-0.39, 0.29) is 18.2 Å². The van der Waals surface area contributed by atoms with E-state index in [2.05, 4.69) is 9.08 Å². The third-order valence-corrected chi connectivity index (χ3v) is 6.93. The van der Waals surface area contributed by atoms with Crippen LogP contribution in [0.25, 0.3) is 11.1 Å². The molecule has 2 atom stereocenters. The lowest BCUT2D eigenvalue weighted by Gasteiger charge is -2.41. The Morgan fingerprint density at radius 1 is 1.24 bits per heavy atom. The van der Waals surface area contributed by atoms with Gasteiger partial charge >= 0.3 is 15.6 Å². The maximum absolute atomic E-state index is 13.4. The summed E-state index contributed by atoms with van der Waals surface area (Å²) in [6, 6.07) is 5.87. The zero-order valence-electron chi connectivity index (χ0n) is 17.9. The molecule has 11 heteroatoms. The lowest BCUT2D eigenvalue weighted by atomic mass is 9.76. The van der Waals surface area contributed by atoms with Crippen molar-refractivity contribution in [1.29, 1.82) is 0 Å². The zero-order valence-corrected chi connectivity index (χ0v) is 18.8. The topological polar surface area (TPSA) is 76.1 Å². The van der Waals surface area contributed by atoms with Crippen LogP contribution in [0.15, 0.2) is 24.3 Å². The molecule has 1 N–H and O–H groups in total. The van der Waals surface area contributed by atoms with E-state index >= 15 is 0 Å². The lowest BCUT2D eigenvalue weighted by molar-refractivity contribution is -0.0500. The third kappa shape index (κ3) is 4.23. The minimum Gasteiger partial charge on any atom is -0.504 e. The van der Waals surface area contributed by atoms with Crippen molar-refractivity contribution in [3.05, 3.63) is 41.0 Å². The van der Waals surface area contributed by atoms with Crippen LogP contribution in [0.4, 0.5) is 17.6 Å². The van der Waals surface area contributed by atoms with E-state index in [0.717, 1.165) is 30.3 Å². The molecular weight excluding hydrogens is 466 g/mol. The van der Waals surface area contributed by atoms with Crippen molar-refractivity contribution >= 4 is 10.1 Å². The van der Waals surface area contributed by atoms with Crippen LogP contribution in [-0.2, 0) is 23.0 Å². The molecule has 33 heavy (non-hydrogen) atoms. The van der Waals surface area contributed by atoms with Crippen LogP contribution < -0.4 is 8.92 Å². The second-order valence-electron chi connectivity index (χ2n) is 8.16. The predicted octanol–water partition coefficient (Wildman–Crippen LogP) is 4.50. The second-order valence-corrected chi connectivity index (χ2v) is 9.70. The Morgan fingerprint density at radius 3 is 2.61 bits per heavy atom. The smallest absolute Gasteiger partial charge is 0.504 e. The van der Waals surface area contributed by atoms with E-state index in [1.807, 2.05) is 13.0 Å². The van der Waals surface area contributed by atoms with Gasteiger partial charge in [0, 0.05) is 18.2 Å². The molecule has 1 aliphatic heterocycles. The molecular formula is C22H23F4NO5S. The molecule has 0 aromatic heterocycles. The van der Waals surface area contributed by atoms with Gasteiger partial charge in [-0.1, -0.05) is 13.0 Å². The number of aromatic hydroxyl groups is 1. The summed E-state index contributed by atoms with van der Waals surface area (Å²) >= 11 is 0. The predicted molar refractivity (Wildman–Crippen MR) is 113 cm³/mol. The summed E-state index contributed by atoms with van der Waals surface area (Å²) in [5, 5.41) is 10.8. The van der Waals surface area contributed by atoms with Crippen molar-refractivity contribution in [2.75, 3.05) is 19.7 Å². The normalized spacial score (nSPS) is 18.9. The van der Waals surface area contributed by atoms with Crippen LogP contribution in [-0.4, -0.2) is 49.8 Å². The van der Waals surface area contributed by atoms with E-state index in [1.165, 1.54) is 13.0 Å². The molecule has 1 aliphatic carbocycles. The largest absolute Gasteiger partial charge is 0.534 e. The SMILES string of the molecule is CCN1CCc2cc(OC[C@@H](C)F)cc3c2C1Cc1ccc(OS(=O)(=O)C(F)(F)F)c(O)c1-3. The molecule has 4 rings (SSSR count). The fourth-order valence-corrected chi connectivity index (χ4v) is 4.99. The van der Waals surface area contributed by atoms with Crippen LogP contribution in [0.2, 0.25) is 0 Å². The van der Waals surface area contributed by atoms with Gasteiger partial charge in [0.1, 0.15) is 18.5 Å². The lowest BCUT2D eigenvalue weighted by Crippen LogP contribution is -2.38. The molecule has 0 bridgehead atoms. The Hall–Kier alpha value is -2.53. The fraction of sp³-hybridized carbons (Fsp3) is 0.455. The summed E-state index contributed by atoms with van der Waals surface area (Å²) < 4.78 is 84.6. The van der Waals surface area contributed by atoms with E-state index in [4.69, 9.17) is 4.74 Å². The summed E-state index contributed by atoms with van der Waals surface area (Å²) in [5.74, 6) is -1.16. The average molecular weight is 489 g/mol. The Balaban J connectivity index is 1.87.